The van der Waals surface area contributed by atoms with Crippen LogP contribution in [0, 0.1) is 6.92 Å². The molecule has 0 unspecified atom stereocenters. The van der Waals surface area contributed by atoms with E-state index in [1.165, 1.54) is 5.56 Å². The van der Waals surface area contributed by atoms with Gasteiger partial charge in [-0.2, -0.15) is 0 Å². The van der Waals surface area contributed by atoms with Crippen LogP contribution in [0.3, 0.4) is 0 Å². The maximum atomic E-state index is 13.8. The number of hydrogen-bond acceptors (Lipinski definition) is 3. The molecule has 4 aromatic rings. The Morgan fingerprint density at radius 1 is 1.17 bits per heavy atom. The van der Waals surface area contributed by atoms with Crippen molar-refractivity contribution in [2.45, 2.75) is 19.4 Å². The molecule has 0 aliphatic carbocycles. The Bertz CT molecular complexity index is 1240. The molecule has 0 saturated heterocycles. The lowest BCUT2D eigenvalue weighted by Gasteiger charge is -2.35. The molecular formula is C24H24N4O2. The number of hydrogen-bond donors (Lipinski definition) is 1. The number of nitrogens with zero attached hydrogens (tertiary/aromatic N) is 3. The summed E-state index contributed by atoms with van der Waals surface area (Å²) in [5, 5.41) is 1.08. The fourth-order valence-electron chi connectivity index (χ4n) is 4.44. The van der Waals surface area contributed by atoms with Crippen LogP contribution in [0.4, 0.5) is 0 Å². The van der Waals surface area contributed by atoms with E-state index in [9.17, 15) is 4.79 Å². The molecule has 1 aliphatic heterocycles. The largest absolute Gasteiger partial charge is 0.497 e. The molecule has 3 heterocycles. The second kappa shape index (κ2) is 7.06. The Morgan fingerprint density at radius 3 is 2.73 bits per heavy atom. The summed E-state index contributed by atoms with van der Waals surface area (Å²) in [6.07, 6.45) is 2.48. The van der Waals surface area contributed by atoms with Gasteiger partial charge in [-0.15, -0.1) is 0 Å². The Labute approximate surface area is 175 Å². The lowest BCUT2D eigenvalue weighted by Crippen LogP contribution is -2.41. The summed E-state index contributed by atoms with van der Waals surface area (Å²) in [6, 6.07) is 15.9. The average molecular weight is 400 g/mol. The van der Waals surface area contributed by atoms with E-state index in [0.29, 0.717) is 12.2 Å². The van der Waals surface area contributed by atoms with Crippen LogP contribution in [-0.2, 0) is 13.5 Å². The van der Waals surface area contributed by atoms with E-state index in [4.69, 9.17) is 4.74 Å². The molecule has 2 aromatic heterocycles. The maximum absolute atomic E-state index is 13.8. The SMILES string of the molecule is COc1ccc([C@H]2c3nc[nH]c3CCN2C(=O)c2cc3cc(C)ccc3n2C)cc1. The topological polar surface area (TPSA) is 63.1 Å². The quantitative estimate of drug-likeness (QED) is 0.565. The minimum absolute atomic E-state index is 0.0146. The Kier molecular flexibility index (Phi) is 4.35. The van der Waals surface area contributed by atoms with Gasteiger partial charge < -0.3 is 19.2 Å². The predicted octanol–water partition coefficient (Wildman–Crippen LogP) is 4.01. The minimum atomic E-state index is -0.238. The zero-order chi connectivity index (χ0) is 20.8. The molecule has 30 heavy (non-hydrogen) atoms. The number of H-pyrrole nitrogens is 1. The highest BCUT2D eigenvalue weighted by Crippen LogP contribution is 2.35. The third kappa shape index (κ3) is 2.87. The minimum Gasteiger partial charge on any atom is -0.497 e. The standard InChI is InChI=1S/C24H24N4O2/c1-15-4-9-20-17(12-15)13-21(27(20)2)24(29)28-11-10-19-22(26-14-25-19)23(28)16-5-7-18(30-3)8-6-16/h4-9,12-14,23H,10-11H2,1-3H3,(H,25,26)/t23-/m0/s1. The predicted molar refractivity (Wildman–Crippen MR) is 116 cm³/mol. The number of nitrogens with one attached hydrogen (secondary N) is 1. The van der Waals surface area contributed by atoms with E-state index in [-0.39, 0.29) is 11.9 Å². The van der Waals surface area contributed by atoms with Gasteiger partial charge in [-0.1, -0.05) is 23.8 Å². The molecule has 2 aromatic carbocycles. The Hall–Kier alpha value is -3.54. The van der Waals surface area contributed by atoms with Gasteiger partial charge in [0.05, 0.1) is 19.1 Å². The van der Waals surface area contributed by atoms with E-state index >= 15 is 0 Å². The van der Waals surface area contributed by atoms with Crippen LogP contribution >= 0.6 is 0 Å². The first-order chi connectivity index (χ1) is 14.6. The summed E-state index contributed by atoms with van der Waals surface area (Å²) in [5.41, 5.74) is 5.95. The third-order valence-electron chi connectivity index (χ3n) is 6.03. The van der Waals surface area contributed by atoms with Gasteiger partial charge in [0, 0.05) is 36.6 Å². The van der Waals surface area contributed by atoms with Gasteiger partial charge in [0.25, 0.3) is 5.91 Å². The van der Waals surface area contributed by atoms with Crippen molar-refractivity contribution in [3.8, 4) is 5.75 Å². The number of methoxy groups -OCH3 is 1. The van der Waals surface area contributed by atoms with Crippen LogP contribution in [-0.4, -0.2) is 39.0 Å². The van der Waals surface area contributed by atoms with Crippen LogP contribution in [0.5, 0.6) is 5.75 Å². The summed E-state index contributed by atoms with van der Waals surface area (Å²) < 4.78 is 7.30. The van der Waals surface area contributed by atoms with Gasteiger partial charge in [0.2, 0.25) is 0 Å². The van der Waals surface area contributed by atoms with Gasteiger partial charge in [0.1, 0.15) is 17.5 Å². The monoisotopic (exact) mass is 400 g/mol. The first-order valence-electron chi connectivity index (χ1n) is 10.1. The molecule has 5 rings (SSSR count). The van der Waals surface area contributed by atoms with Gasteiger partial charge in [0.15, 0.2) is 0 Å². The molecule has 6 nitrogen and oxygen atoms in total. The molecule has 1 atom stereocenters. The van der Waals surface area contributed by atoms with Crippen molar-refractivity contribution in [1.82, 2.24) is 19.4 Å². The van der Waals surface area contributed by atoms with Crippen molar-refractivity contribution in [2.24, 2.45) is 7.05 Å². The molecule has 0 bridgehead atoms. The molecule has 1 amide bonds. The number of benzene rings is 2. The number of rotatable bonds is 3. The second-order valence-electron chi connectivity index (χ2n) is 7.84. The van der Waals surface area contributed by atoms with Crippen molar-refractivity contribution in [2.75, 3.05) is 13.7 Å². The second-order valence-corrected chi connectivity index (χ2v) is 7.84. The summed E-state index contributed by atoms with van der Waals surface area (Å²) >= 11 is 0. The van der Waals surface area contributed by atoms with Gasteiger partial charge >= 0.3 is 0 Å². The molecular weight excluding hydrogens is 376 g/mol. The first-order valence-corrected chi connectivity index (χ1v) is 10.1. The molecule has 0 saturated carbocycles. The zero-order valence-corrected chi connectivity index (χ0v) is 17.3. The number of aromatic amines is 1. The normalized spacial score (nSPS) is 16.0. The summed E-state index contributed by atoms with van der Waals surface area (Å²) in [4.78, 5) is 23.5. The van der Waals surface area contributed by atoms with Crippen molar-refractivity contribution in [1.29, 1.82) is 0 Å². The molecule has 0 fully saturated rings. The maximum Gasteiger partial charge on any atom is 0.271 e. The van der Waals surface area contributed by atoms with Crippen LogP contribution < -0.4 is 4.74 Å². The summed E-state index contributed by atoms with van der Waals surface area (Å²) in [5.74, 6) is 0.805. The number of carbonyl (C=O) groups excluding carboxylic acids is 1. The van der Waals surface area contributed by atoms with Gasteiger partial charge in [-0.25, -0.2) is 4.98 Å². The van der Waals surface area contributed by atoms with E-state index in [1.54, 1.807) is 13.4 Å². The lowest BCUT2D eigenvalue weighted by atomic mass is 9.95. The highest BCUT2D eigenvalue weighted by Gasteiger charge is 2.35. The highest BCUT2D eigenvalue weighted by molar-refractivity contribution is 5.99. The lowest BCUT2D eigenvalue weighted by molar-refractivity contribution is 0.0681. The van der Waals surface area contributed by atoms with E-state index in [2.05, 4.69) is 35.1 Å². The van der Waals surface area contributed by atoms with Crippen LogP contribution in [0.15, 0.2) is 54.9 Å². The molecule has 1 aliphatic rings. The van der Waals surface area contributed by atoms with E-state index in [0.717, 1.165) is 40.0 Å². The average Bonchev–Trinajstić information content (AvgIpc) is 3.37. The fourth-order valence-corrected chi connectivity index (χ4v) is 4.44. The highest BCUT2D eigenvalue weighted by atomic mass is 16.5. The smallest absolute Gasteiger partial charge is 0.271 e. The van der Waals surface area contributed by atoms with Crippen LogP contribution in [0.25, 0.3) is 10.9 Å². The van der Waals surface area contributed by atoms with E-state index < -0.39 is 0 Å². The third-order valence-corrected chi connectivity index (χ3v) is 6.03. The molecule has 6 heteroatoms. The fraction of sp³-hybridized carbons (Fsp3) is 0.250. The molecule has 1 N–H and O–H groups in total. The number of ether oxygens (including phenoxy) is 1. The molecule has 0 spiro atoms. The number of imidazole rings is 1. The van der Waals surface area contributed by atoms with Gasteiger partial charge in [-0.05, 0) is 42.8 Å². The van der Waals surface area contributed by atoms with E-state index in [1.807, 2.05) is 46.8 Å². The van der Waals surface area contributed by atoms with Crippen molar-refractivity contribution in [3.63, 3.8) is 0 Å². The number of aryl methyl sites for hydroxylation is 2. The summed E-state index contributed by atoms with van der Waals surface area (Å²) in [7, 11) is 3.61. The van der Waals surface area contributed by atoms with Crippen LogP contribution in [0.2, 0.25) is 0 Å². The zero-order valence-electron chi connectivity index (χ0n) is 17.3. The Balaban J connectivity index is 1.59. The number of amides is 1. The first kappa shape index (κ1) is 18.5. The number of fused-ring (bicyclic) bond motifs is 2. The summed E-state index contributed by atoms with van der Waals surface area (Å²) in [6.45, 7) is 2.70. The van der Waals surface area contributed by atoms with Crippen molar-refractivity contribution >= 4 is 16.8 Å². The van der Waals surface area contributed by atoms with Crippen molar-refractivity contribution < 1.29 is 9.53 Å². The Morgan fingerprint density at radius 2 is 1.97 bits per heavy atom. The number of aromatic nitrogens is 3. The van der Waals surface area contributed by atoms with Gasteiger partial charge in [-0.3, -0.25) is 4.79 Å². The van der Waals surface area contributed by atoms with Crippen LogP contribution in [0.1, 0.15) is 39.0 Å². The van der Waals surface area contributed by atoms with Crippen molar-refractivity contribution in [3.05, 3.63) is 83.1 Å². The molecule has 152 valence electrons. The number of carbonyl (C=O) groups is 1. The molecule has 0 radical (unpaired) electrons.